The highest BCUT2D eigenvalue weighted by atomic mass is 35.5. The van der Waals surface area contributed by atoms with Crippen LogP contribution in [0.5, 0.6) is 0 Å². The van der Waals surface area contributed by atoms with Gasteiger partial charge in [0.1, 0.15) is 5.82 Å². The first-order valence-corrected chi connectivity index (χ1v) is 8.05. The van der Waals surface area contributed by atoms with Crippen molar-refractivity contribution < 1.29 is 4.39 Å². The minimum absolute atomic E-state index is 0.0514. The number of benzene rings is 1. The van der Waals surface area contributed by atoms with Crippen LogP contribution in [0.15, 0.2) is 12.1 Å². The molecule has 1 unspecified atom stereocenters. The van der Waals surface area contributed by atoms with E-state index in [4.69, 9.17) is 23.2 Å². The average Bonchev–Trinajstić information content (AvgIpc) is 2.42. The third-order valence-corrected chi connectivity index (χ3v) is 5.12. The van der Waals surface area contributed by atoms with Gasteiger partial charge in [0.2, 0.25) is 0 Å². The van der Waals surface area contributed by atoms with Gasteiger partial charge >= 0.3 is 0 Å². The largest absolute Gasteiger partial charge is 0.310 e. The second-order valence-corrected chi connectivity index (χ2v) is 7.02. The maximum Gasteiger partial charge on any atom is 0.142 e. The van der Waals surface area contributed by atoms with Crippen molar-refractivity contribution in [3.63, 3.8) is 0 Å². The first-order valence-electron chi connectivity index (χ1n) is 7.30. The fourth-order valence-corrected chi connectivity index (χ4v) is 3.72. The Balaban J connectivity index is 2.05. The maximum atomic E-state index is 13.6. The Hall–Kier alpha value is -0.310. The number of hydrogen-bond donors (Lipinski definition) is 1. The normalized spacial score (nSPS) is 19.9. The Kier molecular flexibility index (Phi) is 5.33. The Morgan fingerprint density at radius 2 is 1.90 bits per heavy atom. The Morgan fingerprint density at radius 1 is 1.25 bits per heavy atom. The second-order valence-electron chi connectivity index (χ2n) is 6.23. The van der Waals surface area contributed by atoms with Crippen molar-refractivity contribution in [2.45, 2.75) is 52.0 Å². The fourth-order valence-electron chi connectivity index (χ4n) is 3.02. The van der Waals surface area contributed by atoms with E-state index in [0.29, 0.717) is 16.0 Å². The van der Waals surface area contributed by atoms with Crippen LogP contribution < -0.4 is 5.32 Å². The van der Waals surface area contributed by atoms with Crippen molar-refractivity contribution >= 4 is 23.2 Å². The minimum Gasteiger partial charge on any atom is -0.310 e. The fraction of sp³-hybridized carbons (Fsp3) is 0.625. The van der Waals surface area contributed by atoms with E-state index in [1.807, 2.05) is 6.92 Å². The molecule has 20 heavy (non-hydrogen) atoms. The highest BCUT2D eigenvalue weighted by Crippen LogP contribution is 2.37. The number of nitrogens with one attached hydrogen (secondary N) is 1. The van der Waals surface area contributed by atoms with Crippen molar-refractivity contribution in [3.05, 3.63) is 33.6 Å². The van der Waals surface area contributed by atoms with Gasteiger partial charge in [0, 0.05) is 23.2 Å². The zero-order valence-electron chi connectivity index (χ0n) is 12.1. The molecule has 1 aromatic rings. The molecule has 2 rings (SSSR count). The lowest BCUT2D eigenvalue weighted by Gasteiger charge is -2.35. The van der Waals surface area contributed by atoms with Gasteiger partial charge in [-0.15, -0.1) is 0 Å². The molecular formula is C16H22Cl2FN. The lowest BCUT2D eigenvalue weighted by atomic mass is 9.75. The summed E-state index contributed by atoms with van der Waals surface area (Å²) in [4.78, 5) is 0. The van der Waals surface area contributed by atoms with E-state index in [0.717, 1.165) is 6.54 Å². The third kappa shape index (κ3) is 3.66. The van der Waals surface area contributed by atoms with Crippen LogP contribution in [-0.2, 0) is 0 Å². The molecule has 1 aromatic carbocycles. The summed E-state index contributed by atoms with van der Waals surface area (Å²) in [6.45, 7) is 5.22. The van der Waals surface area contributed by atoms with Crippen LogP contribution in [0.4, 0.5) is 4.39 Å². The molecule has 0 heterocycles. The lowest BCUT2D eigenvalue weighted by Crippen LogP contribution is -2.35. The number of hydrogen-bond acceptors (Lipinski definition) is 1. The minimum atomic E-state index is -0.413. The summed E-state index contributed by atoms with van der Waals surface area (Å²) >= 11 is 12.2. The molecule has 1 atom stereocenters. The van der Waals surface area contributed by atoms with E-state index in [9.17, 15) is 4.39 Å². The van der Waals surface area contributed by atoms with Gasteiger partial charge in [0.25, 0.3) is 0 Å². The maximum absolute atomic E-state index is 13.6. The molecule has 0 spiro atoms. The summed E-state index contributed by atoms with van der Waals surface area (Å²) in [5.41, 5.74) is 0.992. The van der Waals surface area contributed by atoms with E-state index in [1.165, 1.54) is 38.2 Å². The van der Waals surface area contributed by atoms with Gasteiger partial charge in [-0.05, 0) is 37.3 Å². The van der Waals surface area contributed by atoms with Crippen molar-refractivity contribution in [3.8, 4) is 0 Å². The third-order valence-electron chi connectivity index (χ3n) is 4.41. The molecule has 1 N–H and O–H groups in total. The first kappa shape index (κ1) is 16.1. The van der Waals surface area contributed by atoms with Gasteiger partial charge in [-0.25, -0.2) is 4.39 Å². The number of rotatable bonds is 4. The van der Waals surface area contributed by atoms with E-state index in [1.54, 1.807) is 6.07 Å². The van der Waals surface area contributed by atoms with Gasteiger partial charge in [-0.2, -0.15) is 0 Å². The molecule has 112 valence electrons. The Labute approximate surface area is 130 Å². The molecule has 1 saturated carbocycles. The first-order chi connectivity index (χ1) is 9.43. The predicted molar refractivity (Wildman–Crippen MR) is 84.0 cm³/mol. The molecule has 0 radical (unpaired) electrons. The van der Waals surface area contributed by atoms with Gasteiger partial charge in [0.15, 0.2) is 0 Å². The SMILES string of the molecule is CC(NCC1(C)CCCCC1)c1c(Cl)ccc(F)c1Cl. The molecule has 0 saturated heterocycles. The summed E-state index contributed by atoms with van der Waals surface area (Å²) in [5, 5.41) is 4.13. The van der Waals surface area contributed by atoms with Gasteiger partial charge in [0.05, 0.1) is 5.02 Å². The van der Waals surface area contributed by atoms with Gasteiger partial charge in [-0.3, -0.25) is 0 Å². The van der Waals surface area contributed by atoms with Crippen LogP contribution in [-0.4, -0.2) is 6.54 Å². The zero-order chi connectivity index (χ0) is 14.8. The van der Waals surface area contributed by atoms with Crippen LogP contribution in [0.3, 0.4) is 0 Å². The zero-order valence-corrected chi connectivity index (χ0v) is 13.6. The molecule has 1 fully saturated rings. The molecule has 1 aliphatic carbocycles. The van der Waals surface area contributed by atoms with E-state index < -0.39 is 5.82 Å². The summed E-state index contributed by atoms with van der Waals surface area (Å²) in [6, 6.07) is 2.83. The molecule has 1 nitrogen and oxygen atoms in total. The topological polar surface area (TPSA) is 12.0 Å². The molecular weight excluding hydrogens is 296 g/mol. The van der Waals surface area contributed by atoms with Crippen molar-refractivity contribution in [1.29, 1.82) is 0 Å². The van der Waals surface area contributed by atoms with Crippen molar-refractivity contribution in [2.75, 3.05) is 6.54 Å². The second kappa shape index (κ2) is 6.64. The number of halogens is 3. The van der Waals surface area contributed by atoms with E-state index >= 15 is 0 Å². The summed E-state index contributed by atoms with van der Waals surface area (Å²) in [7, 11) is 0. The molecule has 0 bridgehead atoms. The molecule has 0 amide bonds. The highest BCUT2D eigenvalue weighted by molar-refractivity contribution is 6.36. The quantitative estimate of drug-likeness (QED) is 0.697. The molecule has 1 aliphatic rings. The van der Waals surface area contributed by atoms with Crippen LogP contribution in [0.25, 0.3) is 0 Å². The van der Waals surface area contributed by atoms with Crippen molar-refractivity contribution in [2.24, 2.45) is 5.41 Å². The van der Waals surface area contributed by atoms with E-state index in [-0.39, 0.29) is 11.1 Å². The van der Waals surface area contributed by atoms with E-state index in [2.05, 4.69) is 12.2 Å². The molecule has 0 aromatic heterocycles. The molecule has 4 heteroatoms. The molecule has 0 aliphatic heterocycles. The lowest BCUT2D eigenvalue weighted by molar-refractivity contribution is 0.202. The summed E-state index contributed by atoms with van der Waals surface area (Å²) in [6.07, 6.45) is 6.43. The Bertz CT molecular complexity index is 470. The highest BCUT2D eigenvalue weighted by Gasteiger charge is 2.27. The Morgan fingerprint density at radius 3 is 2.55 bits per heavy atom. The van der Waals surface area contributed by atoms with Crippen LogP contribution in [0.2, 0.25) is 10.0 Å². The van der Waals surface area contributed by atoms with Crippen LogP contribution in [0, 0.1) is 11.2 Å². The van der Waals surface area contributed by atoms with Gasteiger partial charge in [-0.1, -0.05) is 49.4 Å². The standard InChI is InChI=1S/C16H22Cl2FN/c1-11(14-12(17)6-7-13(19)15(14)18)20-10-16(2)8-4-3-5-9-16/h6-7,11,20H,3-5,8-10H2,1-2H3. The van der Waals surface area contributed by atoms with Crippen LogP contribution in [0.1, 0.15) is 57.6 Å². The monoisotopic (exact) mass is 317 g/mol. The van der Waals surface area contributed by atoms with Gasteiger partial charge < -0.3 is 5.32 Å². The van der Waals surface area contributed by atoms with Crippen molar-refractivity contribution in [1.82, 2.24) is 5.32 Å². The van der Waals surface area contributed by atoms with Crippen LogP contribution >= 0.6 is 23.2 Å². The summed E-state index contributed by atoms with van der Waals surface area (Å²) < 4.78 is 13.6. The summed E-state index contributed by atoms with van der Waals surface area (Å²) in [5.74, 6) is -0.413. The smallest absolute Gasteiger partial charge is 0.142 e. The average molecular weight is 318 g/mol. The predicted octanol–water partition coefficient (Wildman–Crippen LogP) is 5.75.